The molecule has 2 saturated heterocycles. The minimum atomic E-state index is -3.40. The number of benzene rings is 1. The predicted octanol–water partition coefficient (Wildman–Crippen LogP) is 0.724. The van der Waals surface area contributed by atoms with Crippen molar-refractivity contribution >= 4 is 21.6 Å². The van der Waals surface area contributed by atoms with Gasteiger partial charge >= 0.3 is 0 Å². The number of hydrogen-bond acceptors (Lipinski definition) is 3. The number of carbonyl (C=O) groups excluding carboxylic acids is 1. The van der Waals surface area contributed by atoms with Gasteiger partial charge in [0.25, 0.3) is 5.91 Å². The molecule has 0 radical (unpaired) electrons. The Balaban J connectivity index is 1.56. The maximum atomic E-state index is 12.5. The fourth-order valence-electron chi connectivity index (χ4n) is 3.57. The van der Waals surface area contributed by atoms with E-state index in [1.54, 1.807) is 24.3 Å². The lowest BCUT2D eigenvalue weighted by Gasteiger charge is -2.26. The molecule has 0 saturated carbocycles. The second kappa shape index (κ2) is 7.85. The predicted molar refractivity (Wildman–Crippen MR) is 97.0 cm³/mol. The van der Waals surface area contributed by atoms with Gasteiger partial charge < -0.3 is 10.2 Å². The summed E-state index contributed by atoms with van der Waals surface area (Å²) in [4.78, 5) is 13.8. The van der Waals surface area contributed by atoms with Crippen LogP contribution in [0.5, 0.6) is 0 Å². The molecule has 0 aliphatic carbocycles. The van der Waals surface area contributed by atoms with Gasteiger partial charge in [0.2, 0.25) is 10.0 Å². The number of sulfonamides is 1. The molecule has 2 aliphatic rings. The first kappa shape index (κ1) is 18.4. The van der Waals surface area contributed by atoms with Gasteiger partial charge in [0.05, 0.1) is 18.0 Å². The Morgan fingerprint density at radius 1 is 1.16 bits per heavy atom. The molecule has 25 heavy (non-hydrogen) atoms. The molecule has 0 aromatic heterocycles. The highest BCUT2D eigenvalue weighted by Gasteiger charge is 2.27. The average Bonchev–Trinajstić information content (AvgIpc) is 3.13. The number of amides is 1. The van der Waals surface area contributed by atoms with E-state index in [2.05, 4.69) is 12.2 Å². The molecule has 2 aliphatic heterocycles. The van der Waals surface area contributed by atoms with E-state index in [-0.39, 0.29) is 5.91 Å². The summed E-state index contributed by atoms with van der Waals surface area (Å²) in [6.45, 7) is 6.01. The van der Waals surface area contributed by atoms with E-state index in [4.69, 9.17) is 0 Å². The first-order valence-electron chi connectivity index (χ1n) is 9.19. The highest BCUT2D eigenvalue weighted by molar-refractivity contribution is 7.89. The van der Waals surface area contributed by atoms with Crippen molar-refractivity contribution in [2.75, 3.05) is 38.0 Å². The summed E-state index contributed by atoms with van der Waals surface area (Å²) < 4.78 is 26.5. The number of anilines is 1. The third-order valence-electron chi connectivity index (χ3n) is 5.23. The van der Waals surface area contributed by atoms with E-state index in [0.717, 1.165) is 31.8 Å². The van der Waals surface area contributed by atoms with Gasteiger partial charge in [-0.2, -0.15) is 4.31 Å². The van der Waals surface area contributed by atoms with E-state index < -0.39 is 10.0 Å². The minimum Gasteiger partial charge on any atom is -0.327 e. The van der Waals surface area contributed by atoms with Gasteiger partial charge in [-0.15, -0.1) is 0 Å². The third kappa shape index (κ3) is 4.59. The maximum absolute atomic E-state index is 12.5. The van der Waals surface area contributed by atoms with E-state index in [9.17, 15) is 13.2 Å². The van der Waals surface area contributed by atoms with Crippen molar-refractivity contribution in [3.8, 4) is 0 Å². The number of nitrogens with one attached hydrogen (secondary N) is 2. The first-order valence-corrected chi connectivity index (χ1v) is 10.6. The number of rotatable bonds is 5. The second-order valence-electron chi connectivity index (χ2n) is 7.29. The fraction of sp³-hybridized carbons (Fsp3) is 0.611. The van der Waals surface area contributed by atoms with Gasteiger partial charge in [0.15, 0.2) is 6.54 Å². The fourth-order valence-corrected chi connectivity index (χ4v) is 5.08. The molecule has 0 spiro atoms. The Morgan fingerprint density at radius 2 is 1.76 bits per heavy atom. The SMILES string of the molecule is CC1CC[NH+](CC(=O)Nc2ccc(S(=O)(=O)N3CCCC3)cc2)CC1. The molecule has 0 unspecified atom stereocenters. The number of piperidine rings is 1. The van der Waals surface area contributed by atoms with Crippen molar-refractivity contribution in [3.05, 3.63) is 24.3 Å². The van der Waals surface area contributed by atoms with Crippen LogP contribution in [-0.4, -0.2) is 51.4 Å². The number of likely N-dealkylation sites (tertiary alicyclic amines) is 1. The van der Waals surface area contributed by atoms with Gasteiger partial charge in [0.1, 0.15) is 0 Å². The highest BCUT2D eigenvalue weighted by Crippen LogP contribution is 2.22. The second-order valence-corrected chi connectivity index (χ2v) is 9.23. The van der Waals surface area contributed by atoms with Gasteiger partial charge in [-0.1, -0.05) is 6.92 Å². The molecule has 2 heterocycles. The highest BCUT2D eigenvalue weighted by atomic mass is 32.2. The van der Waals surface area contributed by atoms with E-state index in [1.165, 1.54) is 22.0 Å². The lowest BCUT2D eigenvalue weighted by molar-refractivity contribution is -0.897. The normalized spacial score (nSPS) is 25.0. The van der Waals surface area contributed by atoms with Crippen molar-refractivity contribution in [1.29, 1.82) is 0 Å². The molecule has 138 valence electrons. The Hall–Kier alpha value is -1.44. The topological polar surface area (TPSA) is 70.9 Å². The summed E-state index contributed by atoms with van der Waals surface area (Å²) in [7, 11) is -3.40. The average molecular weight is 367 g/mol. The molecule has 7 heteroatoms. The molecular weight excluding hydrogens is 338 g/mol. The van der Waals surface area contributed by atoms with Crippen LogP contribution in [0.4, 0.5) is 5.69 Å². The van der Waals surface area contributed by atoms with Crippen molar-refractivity contribution in [2.45, 2.75) is 37.5 Å². The lowest BCUT2D eigenvalue weighted by Crippen LogP contribution is -3.14. The Bertz CT molecular complexity index is 689. The summed E-state index contributed by atoms with van der Waals surface area (Å²) >= 11 is 0. The standard InChI is InChI=1S/C18H27N3O3S/c1-15-8-12-20(13-9-15)14-18(22)19-16-4-6-17(7-5-16)25(23,24)21-10-2-3-11-21/h4-7,15H,2-3,8-14H2,1H3,(H,19,22)/p+1. The van der Waals surface area contributed by atoms with Gasteiger partial charge in [-0.3, -0.25) is 4.79 Å². The largest absolute Gasteiger partial charge is 0.327 e. The Morgan fingerprint density at radius 3 is 2.36 bits per heavy atom. The molecule has 1 aromatic rings. The van der Waals surface area contributed by atoms with Crippen LogP contribution >= 0.6 is 0 Å². The van der Waals surface area contributed by atoms with Crippen LogP contribution in [0.1, 0.15) is 32.6 Å². The van der Waals surface area contributed by atoms with E-state index in [1.807, 2.05) is 0 Å². The monoisotopic (exact) mass is 366 g/mol. The molecular formula is C18H28N3O3S+. The van der Waals surface area contributed by atoms with Gasteiger partial charge in [-0.05, 0) is 55.9 Å². The summed E-state index contributed by atoms with van der Waals surface area (Å²) in [5, 5.41) is 2.88. The molecule has 2 N–H and O–H groups in total. The van der Waals surface area contributed by atoms with E-state index >= 15 is 0 Å². The van der Waals surface area contributed by atoms with E-state index in [0.29, 0.717) is 30.2 Å². The smallest absolute Gasteiger partial charge is 0.279 e. The Kier molecular flexibility index (Phi) is 5.76. The molecule has 3 rings (SSSR count). The molecule has 0 atom stereocenters. The van der Waals surface area contributed by atoms with Crippen molar-refractivity contribution < 1.29 is 18.1 Å². The molecule has 1 aromatic carbocycles. The zero-order valence-electron chi connectivity index (χ0n) is 14.8. The number of nitrogens with zero attached hydrogens (tertiary/aromatic N) is 1. The van der Waals surface area contributed by atoms with Crippen molar-refractivity contribution in [2.24, 2.45) is 5.92 Å². The summed E-state index contributed by atoms with van der Waals surface area (Å²) in [6.07, 6.45) is 4.19. The van der Waals surface area contributed by atoms with Crippen LogP contribution in [-0.2, 0) is 14.8 Å². The number of hydrogen-bond donors (Lipinski definition) is 2. The van der Waals surface area contributed by atoms with Crippen LogP contribution in [0.15, 0.2) is 29.2 Å². The quantitative estimate of drug-likeness (QED) is 0.807. The summed E-state index contributed by atoms with van der Waals surface area (Å²) in [6, 6.07) is 6.51. The first-order chi connectivity index (χ1) is 11.9. The van der Waals surface area contributed by atoms with Crippen LogP contribution in [0, 0.1) is 5.92 Å². The third-order valence-corrected chi connectivity index (χ3v) is 7.15. The van der Waals surface area contributed by atoms with Crippen LogP contribution in [0.3, 0.4) is 0 Å². The van der Waals surface area contributed by atoms with Crippen LogP contribution in [0.2, 0.25) is 0 Å². The summed E-state index contributed by atoms with van der Waals surface area (Å²) in [5.74, 6) is 0.747. The zero-order chi connectivity index (χ0) is 17.9. The van der Waals surface area contributed by atoms with Crippen LogP contribution in [0.25, 0.3) is 0 Å². The van der Waals surface area contributed by atoms with Crippen molar-refractivity contribution in [1.82, 2.24) is 4.31 Å². The molecule has 2 fully saturated rings. The maximum Gasteiger partial charge on any atom is 0.279 e. The Labute approximate surface area is 150 Å². The van der Waals surface area contributed by atoms with Crippen LogP contribution < -0.4 is 10.2 Å². The summed E-state index contributed by atoms with van der Waals surface area (Å²) in [5.41, 5.74) is 0.648. The van der Waals surface area contributed by atoms with Gasteiger partial charge in [0, 0.05) is 18.8 Å². The lowest BCUT2D eigenvalue weighted by atomic mass is 9.99. The number of carbonyl (C=O) groups is 1. The van der Waals surface area contributed by atoms with Gasteiger partial charge in [-0.25, -0.2) is 8.42 Å². The minimum absolute atomic E-state index is 0.0142. The molecule has 0 bridgehead atoms. The molecule has 1 amide bonds. The number of quaternary nitrogens is 1. The van der Waals surface area contributed by atoms with Crippen molar-refractivity contribution in [3.63, 3.8) is 0 Å². The zero-order valence-corrected chi connectivity index (χ0v) is 15.6. The molecule has 6 nitrogen and oxygen atoms in total.